The molecule has 2 aromatic heterocycles. The van der Waals surface area contributed by atoms with Crippen molar-refractivity contribution in [3.05, 3.63) is 23.6 Å². The Hall–Kier alpha value is -4.12. The number of cyclic esters (lactones) is 1. The van der Waals surface area contributed by atoms with Crippen molar-refractivity contribution >= 4 is 41.2 Å². The second-order valence-corrected chi connectivity index (χ2v) is 16.9. The van der Waals surface area contributed by atoms with E-state index in [2.05, 4.69) is 39.1 Å². The van der Waals surface area contributed by atoms with Gasteiger partial charge in [0.15, 0.2) is 17.7 Å². The van der Waals surface area contributed by atoms with Crippen LogP contribution in [0.1, 0.15) is 79.0 Å². The van der Waals surface area contributed by atoms with E-state index in [1.807, 2.05) is 11.8 Å². The Morgan fingerprint density at radius 2 is 1.91 bits per heavy atom. The van der Waals surface area contributed by atoms with E-state index in [-0.39, 0.29) is 31.3 Å². The van der Waals surface area contributed by atoms with Gasteiger partial charge in [0.1, 0.15) is 24.6 Å². The van der Waals surface area contributed by atoms with Crippen LogP contribution in [-0.4, -0.2) is 134 Å². The largest absolute Gasteiger partial charge is 0.455 e. The number of hydrogen-bond acceptors (Lipinski definition) is 15. The van der Waals surface area contributed by atoms with E-state index in [1.165, 1.54) is 29.3 Å². The molecule has 1 unspecified atom stereocenters. The number of esters is 1. The summed E-state index contributed by atoms with van der Waals surface area (Å²) in [4.78, 5) is 59.1. The Kier molecular flexibility index (Phi) is 13.4. The minimum Gasteiger partial charge on any atom is -0.455 e. The topological polar surface area (TPSA) is 194 Å². The van der Waals surface area contributed by atoms with Crippen molar-refractivity contribution in [2.24, 2.45) is 11.8 Å². The number of hydrogen-bond donors (Lipinski definition) is 2. The molecule has 0 saturated carbocycles. The number of tetrazole rings is 1. The van der Waals surface area contributed by atoms with Crippen molar-refractivity contribution in [2.45, 2.75) is 134 Å². The summed E-state index contributed by atoms with van der Waals surface area (Å²) in [6, 6.07) is 2.20. The lowest BCUT2D eigenvalue weighted by atomic mass is 9.75. The molecule has 2 N–H and O–H groups in total. The zero-order valence-corrected chi connectivity index (χ0v) is 34.6. The lowest BCUT2D eigenvalue weighted by Gasteiger charge is -2.46. The number of alkyl carbamates (subject to hydrolysis) is 1. The normalized spacial score (nSPS) is 36.7. The molecule has 0 bridgehead atoms. The number of ketones is 2. The van der Waals surface area contributed by atoms with E-state index >= 15 is 4.39 Å². The molecule has 5 heterocycles. The molecule has 18 heteroatoms. The van der Waals surface area contributed by atoms with Crippen molar-refractivity contribution in [3.63, 3.8) is 0 Å². The van der Waals surface area contributed by atoms with Crippen LogP contribution in [0.25, 0.3) is 16.9 Å². The van der Waals surface area contributed by atoms with Gasteiger partial charge in [-0.1, -0.05) is 39.2 Å². The number of halogens is 1. The first-order chi connectivity index (χ1) is 26.7. The molecule has 0 aromatic carbocycles. The van der Waals surface area contributed by atoms with E-state index in [9.17, 15) is 24.3 Å². The van der Waals surface area contributed by atoms with Crippen LogP contribution in [-0.2, 0) is 38.1 Å². The van der Waals surface area contributed by atoms with Crippen LogP contribution in [0, 0.1) is 23.7 Å². The number of carbonyl (C=O) groups excluding carboxylic acids is 4. The monoisotopic (exact) mass is 816 g/mol. The Balaban J connectivity index is 1.53. The highest BCUT2D eigenvalue weighted by Crippen LogP contribution is 2.40. The Morgan fingerprint density at radius 1 is 1.19 bits per heavy atom. The SMILES string of the molecule is C=Cn1nnc(-c2ccc(C#CCO[C@@]3(C)C[C@@H](C)C(=O)[C@@H](C)[C@H]4NC(=O)O[C@]4(C)[C@H](CC)OC(=O)[C@@](C)(F)C(=O)C[C@H]3OC3O[C@H](C)C[C@H](N(C)C)[C@H]3O)s2)n1. The fourth-order valence-electron chi connectivity index (χ4n) is 7.85. The second-order valence-electron chi connectivity index (χ2n) is 15.8. The summed E-state index contributed by atoms with van der Waals surface area (Å²) < 4.78 is 46.9. The van der Waals surface area contributed by atoms with E-state index in [1.54, 1.807) is 53.9 Å². The van der Waals surface area contributed by atoms with Crippen molar-refractivity contribution in [1.82, 2.24) is 30.4 Å². The van der Waals surface area contributed by atoms with Crippen LogP contribution in [0.3, 0.4) is 0 Å². The number of fused-ring (bicyclic) bond motifs is 1. The van der Waals surface area contributed by atoms with E-state index < -0.39 is 89.7 Å². The first-order valence-electron chi connectivity index (χ1n) is 19.0. The summed E-state index contributed by atoms with van der Waals surface area (Å²) in [5, 5.41) is 26.3. The maximum atomic E-state index is 16.6. The molecular formula is C39H53FN6O10S. The lowest BCUT2D eigenvalue weighted by Crippen LogP contribution is -2.60. The van der Waals surface area contributed by atoms with Gasteiger partial charge in [-0.2, -0.15) is 0 Å². The quantitative estimate of drug-likeness (QED) is 0.223. The first-order valence-corrected chi connectivity index (χ1v) is 19.8. The van der Waals surface area contributed by atoms with Crippen LogP contribution in [0.4, 0.5) is 9.18 Å². The minimum absolute atomic E-state index is 0.0792. The molecule has 0 radical (unpaired) electrons. The number of likely N-dealkylation sites (N-methyl/N-ethyl adjacent to an activating group) is 1. The van der Waals surface area contributed by atoms with Gasteiger partial charge >= 0.3 is 12.1 Å². The van der Waals surface area contributed by atoms with Gasteiger partial charge in [0.25, 0.3) is 5.67 Å². The fraction of sp³-hybridized carbons (Fsp3) is 0.667. The van der Waals surface area contributed by atoms with Gasteiger partial charge in [-0.05, 0) is 78.4 Å². The number of ether oxygens (including phenoxy) is 5. The van der Waals surface area contributed by atoms with Crippen LogP contribution < -0.4 is 5.32 Å². The van der Waals surface area contributed by atoms with Gasteiger partial charge < -0.3 is 39.0 Å². The highest BCUT2D eigenvalue weighted by atomic mass is 32.1. The van der Waals surface area contributed by atoms with Gasteiger partial charge in [-0.25, -0.2) is 14.0 Å². The summed E-state index contributed by atoms with van der Waals surface area (Å²) in [6.07, 6.45) is -5.16. The van der Waals surface area contributed by atoms with E-state index in [4.69, 9.17) is 23.7 Å². The highest BCUT2D eigenvalue weighted by molar-refractivity contribution is 7.15. The molecule has 57 heavy (non-hydrogen) atoms. The number of aromatic nitrogens is 4. The molecule has 0 aliphatic carbocycles. The Bertz CT molecular complexity index is 1890. The Morgan fingerprint density at radius 3 is 2.56 bits per heavy atom. The molecule has 312 valence electrons. The first kappa shape index (κ1) is 44.0. The fourth-order valence-corrected chi connectivity index (χ4v) is 8.66. The maximum Gasteiger partial charge on any atom is 0.408 e. The summed E-state index contributed by atoms with van der Waals surface area (Å²) in [5.41, 5.74) is -6.35. The number of amides is 1. The van der Waals surface area contributed by atoms with Crippen LogP contribution in [0.15, 0.2) is 18.7 Å². The van der Waals surface area contributed by atoms with Gasteiger partial charge in [0.05, 0.1) is 33.6 Å². The van der Waals surface area contributed by atoms with Gasteiger partial charge in [-0.15, -0.1) is 26.3 Å². The molecule has 2 aromatic rings. The van der Waals surface area contributed by atoms with Crippen molar-refractivity contribution in [2.75, 3.05) is 20.7 Å². The molecule has 3 aliphatic heterocycles. The number of nitrogens with zero attached hydrogens (tertiary/aromatic N) is 5. The molecular weight excluding hydrogens is 764 g/mol. The number of aliphatic hydroxyl groups excluding tert-OH is 1. The standard InChI is InChI=1S/C39H53FN6O10S/c1-11-28-39(8)32(41-36(51)56-39)23(5)30(48)21(3)20-37(6,52-17-13-14-24-15-16-26(57-24)33-42-44-46(12-2)43-33)29(19-27(47)38(7,40)35(50)55-28)54-34-31(49)25(45(9)10)18-22(4)53-34/h12,15-16,21-23,25,28-29,31-32,34,49H,2,11,17-20H2,1,3-10H3,(H,41,51)/t21-,22-,23-,25+,28+,29-,31-,32-,34?,37+,38+,39-/m1/s1. The number of rotatable bonds is 8. The number of nitrogens with one attached hydrogen (secondary N) is 1. The van der Waals surface area contributed by atoms with Gasteiger partial charge in [0.2, 0.25) is 5.82 Å². The van der Waals surface area contributed by atoms with Crippen LogP contribution >= 0.6 is 11.3 Å². The van der Waals surface area contributed by atoms with Gasteiger partial charge in [0, 0.05) is 30.5 Å². The molecule has 12 atom stereocenters. The van der Waals surface area contributed by atoms with E-state index in [0.29, 0.717) is 22.0 Å². The predicted octanol–water partition coefficient (Wildman–Crippen LogP) is 3.56. The zero-order chi connectivity index (χ0) is 42.0. The van der Waals surface area contributed by atoms with Crippen molar-refractivity contribution in [1.29, 1.82) is 0 Å². The third kappa shape index (κ3) is 9.29. The smallest absolute Gasteiger partial charge is 0.408 e. The molecule has 1 amide bonds. The maximum absolute atomic E-state index is 16.6. The number of aliphatic hydroxyl groups is 1. The second kappa shape index (κ2) is 17.4. The predicted molar refractivity (Wildman–Crippen MR) is 205 cm³/mol. The minimum atomic E-state index is -3.19. The van der Waals surface area contributed by atoms with E-state index in [0.717, 1.165) is 6.92 Å². The summed E-state index contributed by atoms with van der Waals surface area (Å²) in [6.45, 7) is 14.1. The summed E-state index contributed by atoms with van der Waals surface area (Å²) >= 11 is 1.32. The molecule has 3 saturated heterocycles. The number of thiophene rings is 1. The molecule has 3 aliphatic rings. The number of alkyl halides is 1. The highest BCUT2D eigenvalue weighted by Gasteiger charge is 2.58. The van der Waals surface area contributed by atoms with Gasteiger partial charge in [-0.3, -0.25) is 9.59 Å². The Labute approximate surface area is 335 Å². The number of Topliss-reactive ketones (excluding diaryl/α,β-unsaturated/α-hetero) is 2. The van der Waals surface area contributed by atoms with Crippen LogP contribution in [0.5, 0.6) is 0 Å². The third-order valence-electron chi connectivity index (χ3n) is 11.2. The summed E-state index contributed by atoms with van der Waals surface area (Å²) in [5.74, 6) is 1.75. The third-order valence-corrected chi connectivity index (χ3v) is 12.2. The number of carbonyl (C=O) groups is 4. The summed E-state index contributed by atoms with van der Waals surface area (Å²) in [7, 11) is 3.61. The molecule has 0 spiro atoms. The molecule has 5 rings (SSSR count). The van der Waals surface area contributed by atoms with Crippen molar-refractivity contribution in [3.8, 4) is 22.5 Å². The average molecular weight is 817 g/mol. The van der Waals surface area contributed by atoms with Crippen LogP contribution in [0.2, 0.25) is 0 Å². The zero-order valence-electron chi connectivity index (χ0n) is 33.8. The lowest BCUT2D eigenvalue weighted by molar-refractivity contribution is -0.290. The van der Waals surface area contributed by atoms with Crippen molar-refractivity contribution < 1.29 is 52.4 Å². The molecule has 3 fully saturated rings. The molecule has 16 nitrogen and oxygen atoms in total. The average Bonchev–Trinajstić information content (AvgIpc) is 3.90.